The fourth-order valence-electron chi connectivity index (χ4n) is 2.29. The molecule has 0 saturated heterocycles. The van der Waals surface area contributed by atoms with Crippen LogP contribution in [0.2, 0.25) is 0 Å². The second-order valence-corrected chi connectivity index (χ2v) is 4.49. The predicted molar refractivity (Wildman–Crippen MR) is 74.3 cm³/mol. The van der Waals surface area contributed by atoms with Crippen LogP contribution in [-0.4, -0.2) is 18.7 Å². The summed E-state index contributed by atoms with van der Waals surface area (Å²) >= 11 is 0. The first kappa shape index (κ1) is 12.8. The Balaban J connectivity index is 2.68. The number of aromatic amines is 1. The minimum absolute atomic E-state index is 0.139. The van der Waals surface area contributed by atoms with Gasteiger partial charge < -0.3 is 9.72 Å². The van der Waals surface area contributed by atoms with Gasteiger partial charge in [-0.1, -0.05) is 19.1 Å². The van der Waals surface area contributed by atoms with Crippen molar-refractivity contribution in [2.45, 2.75) is 26.7 Å². The number of pyridine rings is 1. The summed E-state index contributed by atoms with van der Waals surface area (Å²) in [5, 5.41) is 0.776. The maximum absolute atomic E-state index is 12.3. The molecular weight excluding hydrogens is 226 g/mol. The molecule has 0 aliphatic heterocycles. The Labute approximate surface area is 107 Å². The van der Waals surface area contributed by atoms with Gasteiger partial charge in [-0.05, 0) is 31.4 Å². The van der Waals surface area contributed by atoms with Crippen molar-refractivity contribution in [1.29, 1.82) is 0 Å². The Morgan fingerprint density at radius 3 is 2.78 bits per heavy atom. The zero-order valence-electron chi connectivity index (χ0n) is 11.2. The van der Waals surface area contributed by atoms with Gasteiger partial charge in [0.15, 0.2) is 5.43 Å². The summed E-state index contributed by atoms with van der Waals surface area (Å²) in [6.07, 6.45) is 1.66. The van der Waals surface area contributed by atoms with Gasteiger partial charge in [-0.15, -0.1) is 0 Å². The molecular formula is C15H19NO2. The fraction of sp³-hybridized carbons (Fsp3) is 0.400. The van der Waals surface area contributed by atoms with E-state index in [-0.39, 0.29) is 5.43 Å². The molecule has 0 bridgehead atoms. The van der Waals surface area contributed by atoms with Crippen molar-refractivity contribution < 1.29 is 4.74 Å². The molecule has 0 aliphatic rings. The monoisotopic (exact) mass is 245 g/mol. The second-order valence-electron chi connectivity index (χ2n) is 4.49. The van der Waals surface area contributed by atoms with Crippen LogP contribution >= 0.6 is 0 Å². The molecule has 18 heavy (non-hydrogen) atoms. The van der Waals surface area contributed by atoms with Gasteiger partial charge >= 0.3 is 0 Å². The number of ether oxygens (including phenoxy) is 1. The molecule has 3 heteroatoms. The third kappa shape index (κ3) is 2.18. The van der Waals surface area contributed by atoms with E-state index < -0.39 is 0 Å². The van der Waals surface area contributed by atoms with Gasteiger partial charge in [0.05, 0.1) is 12.1 Å². The molecule has 0 saturated carbocycles. The van der Waals surface area contributed by atoms with E-state index in [0.29, 0.717) is 6.61 Å². The normalized spacial score (nSPS) is 11.1. The summed E-state index contributed by atoms with van der Waals surface area (Å²) < 4.78 is 5.11. The number of para-hydroxylation sites is 1. The molecule has 0 spiro atoms. The highest BCUT2D eigenvalue weighted by Gasteiger charge is 2.09. The molecule has 1 heterocycles. The van der Waals surface area contributed by atoms with Crippen molar-refractivity contribution in [3.05, 3.63) is 45.2 Å². The molecule has 1 aromatic heterocycles. The number of methoxy groups -OCH3 is 1. The van der Waals surface area contributed by atoms with Crippen LogP contribution < -0.4 is 5.43 Å². The molecule has 0 unspecified atom stereocenters. The van der Waals surface area contributed by atoms with Crippen molar-refractivity contribution in [3.63, 3.8) is 0 Å². The summed E-state index contributed by atoms with van der Waals surface area (Å²) in [6.45, 7) is 4.61. The largest absolute Gasteiger partial charge is 0.384 e. The number of aromatic nitrogens is 1. The fourth-order valence-corrected chi connectivity index (χ4v) is 2.29. The number of rotatable bonds is 4. The molecule has 3 nitrogen and oxygen atoms in total. The van der Waals surface area contributed by atoms with E-state index in [2.05, 4.69) is 11.9 Å². The molecule has 0 amide bonds. The highest BCUT2D eigenvalue weighted by atomic mass is 16.5. The van der Waals surface area contributed by atoms with Crippen LogP contribution in [0.25, 0.3) is 10.9 Å². The van der Waals surface area contributed by atoms with Crippen LogP contribution in [-0.2, 0) is 17.6 Å². The van der Waals surface area contributed by atoms with Gasteiger partial charge in [-0.3, -0.25) is 4.79 Å². The number of hydrogen-bond donors (Lipinski definition) is 1. The molecule has 0 radical (unpaired) electrons. The van der Waals surface area contributed by atoms with Crippen LogP contribution in [0.3, 0.4) is 0 Å². The minimum Gasteiger partial charge on any atom is -0.384 e. The van der Waals surface area contributed by atoms with Gasteiger partial charge in [0.2, 0.25) is 0 Å². The Morgan fingerprint density at radius 1 is 1.33 bits per heavy atom. The van der Waals surface area contributed by atoms with Gasteiger partial charge in [0.1, 0.15) is 0 Å². The molecule has 1 N–H and O–H groups in total. The average molecular weight is 245 g/mol. The Kier molecular flexibility index (Phi) is 3.82. The van der Waals surface area contributed by atoms with Crippen molar-refractivity contribution in [3.8, 4) is 0 Å². The van der Waals surface area contributed by atoms with Crippen molar-refractivity contribution >= 4 is 10.9 Å². The summed E-state index contributed by atoms with van der Waals surface area (Å²) in [7, 11) is 1.69. The van der Waals surface area contributed by atoms with E-state index in [0.717, 1.165) is 40.6 Å². The van der Waals surface area contributed by atoms with Gasteiger partial charge in [0, 0.05) is 23.8 Å². The lowest BCUT2D eigenvalue weighted by Crippen LogP contribution is -2.12. The van der Waals surface area contributed by atoms with E-state index in [9.17, 15) is 4.79 Å². The number of benzene rings is 1. The van der Waals surface area contributed by atoms with E-state index in [1.807, 2.05) is 25.1 Å². The van der Waals surface area contributed by atoms with Gasteiger partial charge in [0.25, 0.3) is 0 Å². The van der Waals surface area contributed by atoms with Crippen LogP contribution in [0.1, 0.15) is 23.7 Å². The topological polar surface area (TPSA) is 42.1 Å². The number of aryl methyl sites for hydroxylation is 1. The van der Waals surface area contributed by atoms with Crippen LogP contribution in [0, 0.1) is 6.92 Å². The maximum atomic E-state index is 12.3. The summed E-state index contributed by atoms with van der Waals surface area (Å²) in [5.74, 6) is 0. The van der Waals surface area contributed by atoms with Crippen molar-refractivity contribution in [2.75, 3.05) is 13.7 Å². The van der Waals surface area contributed by atoms with Gasteiger partial charge in [-0.2, -0.15) is 0 Å². The Bertz CT molecular complexity index is 614. The van der Waals surface area contributed by atoms with Crippen LogP contribution in [0.15, 0.2) is 23.0 Å². The lowest BCUT2D eigenvalue weighted by molar-refractivity contribution is 0.202. The molecule has 0 atom stereocenters. The zero-order chi connectivity index (χ0) is 13.1. The van der Waals surface area contributed by atoms with Crippen LogP contribution in [0.5, 0.6) is 0 Å². The second kappa shape index (κ2) is 5.36. The van der Waals surface area contributed by atoms with Gasteiger partial charge in [-0.25, -0.2) is 0 Å². The standard InChI is InChI=1S/C15H19NO2/c1-4-13-10(2)15(17)12-7-5-6-11(8-9-18-3)14(12)16-13/h5-7H,4,8-9H2,1-3H3,(H,16,17). The third-order valence-electron chi connectivity index (χ3n) is 3.39. The first-order chi connectivity index (χ1) is 8.69. The predicted octanol–water partition coefficient (Wildman–Crippen LogP) is 2.59. The van der Waals surface area contributed by atoms with E-state index in [4.69, 9.17) is 4.74 Å². The highest BCUT2D eigenvalue weighted by molar-refractivity contribution is 5.82. The smallest absolute Gasteiger partial charge is 0.192 e. The average Bonchev–Trinajstić information content (AvgIpc) is 2.40. The number of nitrogens with one attached hydrogen (secondary N) is 1. The summed E-state index contributed by atoms with van der Waals surface area (Å²) in [4.78, 5) is 15.7. The lowest BCUT2D eigenvalue weighted by Gasteiger charge is -2.10. The first-order valence-corrected chi connectivity index (χ1v) is 6.31. The summed E-state index contributed by atoms with van der Waals surface area (Å²) in [6, 6.07) is 5.87. The first-order valence-electron chi connectivity index (χ1n) is 6.31. The molecule has 0 aliphatic carbocycles. The van der Waals surface area contributed by atoms with Crippen molar-refractivity contribution in [1.82, 2.24) is 4.98 Å². The summed E-state index contributed by atoms with van der Waals surface area (Å²) in [5.41, 5.74) is 4.09. The molecule has 2 aromatic rings. The minimum atomic E-state index is 0.139. The molecule has 2 rings (SSSR count). The van der Waals surface area contributed by atoms with E-state index >= 15 is 0 Å². The number of hydrogen-bond acceptors (Lipinski definition) is 2. The Morgan fingerprint density at radius 2 is 2.11 bits per heavy atom. The zero-order valence-corrected chi connectivity index (χ0v) is 11.2. The molecule has 0 fully saturated rings. The van der Waals surface area contributed by atoms with Crippen molar-refractivity contribution in [2.24, 2.45) is 0 Å². The highest BCUT2D eigenvalue weighted by Crippen LogP contribution is 2.17. The molecule has 1 aromatic carbocycles. The van der Waals surface area contributed by atoms with E-state index in [1.165, 1.54) is 0 Å². The maximum Gasteiger partial charge on any atom is 0.192 e. The van der Waals surface area contributed by atoms with Crippen LogP contribution in [0.4, 0.5) is 0 Å². The van der Waals surface area contributed by atoms with E-state index in [1.54, 1.807) is 7.11 Å². The number of fused-ring (bicyclic) bond motifs is 1. The quantitative estimate of drug-likeness (QED) is 0.899. The third-order valence-corrected chi connectivity index (χ3v) is 3.39. The Hall–Kier alpha value is -1.61. The SMILES string of the molecule is CCc1[nH]c2c(CCOC)cccc2c(=O)c1C. The lowest BCUT2D eigenvalue weighted by atomic mass is 10.0. The molecule has 96 valence electrons. The number of H-pyrrole nitrogens is 1.